The van der Waals surface area contributed by atoms with E-state index in [1.54, 1.807) is 6.07 Å². The Morgan fingerprint density at radius 2 is 2.29 bits per heavy atom. The Hall–Kier alpha value is -1.08. The maximum absolute atomic E-state index is 12.7. The van der Waals surface area contributed by atoms with Crippen LogP contribution in [0.25, 0.3) is 10.3 Å². The summed E-state index contributed by atoms with van der Waals surface area (Å²) in [4.78, 5) is 20.7. The zero-order valence-corrected chi connectivity index (χ0v) is 10.9. The fourth-order valence-corrected chi connectivity index (χ4v) is 2.75. The Morgan fingerprint density at radius 1 is 1.53 bits per heavy atom. The van der Waals surface area contributed by atoms with Crippen molar-refractivity contribution in [2.75, 3.05) is 5.32 Å². The molecule has 0 unspecified atom stereocenters. The molecule has 0 radical (unpaired) electrons. The lowest BCUT2D eigenvalue weighted by atomic mass is 10.4. The smallest absolute Gasteiger partial charge is 0.232 e. The molecule has 2 aromatic heterocycles. The number of carbonyl (C=O) groups is 1. The van der Waals surface area contributed by atoms with Crippen LogP contribution in [0, 0.1) is 5.92 Å². The molecular formula is C10H7BrFN3OS. The largest absolute Gasteiger partial charge is 0.302 e. The fraction of sp³-hybridized carbons (Fsp3) is 0.300. The molecule has 0 spiro atoms. The number of anilines is 1. The third kappa shape index (κ3) is 2.16. The number of nitrogens with zero attached hydrogens (tertiary/aromatic N) is 2. The van der Waals surface area contributed by atoms with Crippen molar-refractivity contribution < 1.29 is 9.18 Å². The molecule has 1 aliphatic carbocycles. The van der Waals surface area contributed by atoms with Crippen molar-refractivity contribution in [2.45, 2.75) is 12.6 Å². The predicted octanol–water partition coefficient (Wildman–Crippen LogP) is 2.75. The highest BCUT2D eigenvalue weighted by Gasteiger charge is 2.43. The molecule has 0 aliphatic heterocycles. The quantitative estimate of drug-likeness (QED) is 0.867. The molecule has 17 heavy (non-hydrogen) atoms. The van der Waals surface area contributed by atoms with Gasteiger partial charge >= 0.3 is 0 Å². The third-order valence-corrected chi connectivity index (χ3v) is 3.82. The van der Waals surface area contributed by atoms with Crippen LogP contribution in [0.2, 0.25) is 0 Å². The molecule has 0 saturated heterocycles. The first-order valence-electron chi connectivity index (χ1n) is 5.01. The van der Waals surface area contributed by atoms with E-state index in [0.717, 1.165) is 15.0 Å². The Labute approximate surface area is 108 Å². The van der Waals surface area contributed by atoms with Crippen LogP contribution in [-0.2, 0) is 4.79 Å². The van der Waals surface area contributed by atoms with Crippen LogP contribution in [-0.4, -0.2) is 22.0 Å². The van der Waals surface area contributed by atoms with Gasteiger partial charge in [0.25, 0.3) is 0 Å². The molecule has 1 saturated carbocycles. The van der Waals surface area contributed by atoms with Gasteiger partial charge in [-0.15, -0.1) is 0 Å². The van der Waals surface area contributed by atoms with Gasteiger partial charge in [-0.25, -0.2) is 14.4 Å². The van der Waals surface area contributed by atoms with Gasteiger partial charge in [-0.1, -0.05) is 11.3 Å². The molecule has 0 bridgehead atoms. The standard InChI is InChI=1S/C10H7BrFN3OS/c11-7-2-1-6-9(14-7)17-10(13-6)15-8(16)4-3-5(4)12/h1-2,4-5H,3H2,(H,13,15,16)/t4-,5+/m1/s1. The van der Waals surface area contributed by atoms with Gasteiger partial charge in [0.15, 0.2) is 5.13 Å². The van der Waals surface area contributed by atoms with Crippen molar-refractivity contribution in [3.8, 4) is 0 Å². The van der Waals surface area contributed by atoms with Gasteiger partial charge in [-0.05, 0) is 34.5 Å². The normalized spacial score (nSPS) is 22.7. The summed E-state index contributed by atoms with van der Waals surface area (Å²) in [6, 6.07) is 3.60. The number of carbonyl (C=O) groups excluding carboxylic acids is 1. The van der Waals surface area contributed by atoms with Crippen molar-refractivity contribution in [1.82, 2.24) is 9.97 Å². The van der Waals surface area contributed by atoms with Crippen molar-refractivity contribution in [1.29, 1.82) is 0 Å². The van der Waals surface area contributed by atoms with E-state index in [9.17, 15) is 9.18 Å². The van der Waals surface area contributed by atoms with E-state index in [-0.39, 0.29) is 5.91 Å². The number of fused-ring (bicyclic) bond motifs is 1. The minimum absolute atomic E-state index is 0.296. The van der Waals surface area contributed by atoms with Crippen LogP contribution in [0.5, 0.6) is 0 Å². The number of halogens is 2. The number of aromatic nitrogens is 2. The van der Waals surface area contributed by atoms with E-state index in [1.807, 2.05) is 6.07 Å². The maximum atomic E-state index is 12.7. The summed E-state index contributed by atoms with van der Waals surface area (Å²) in [6.07, 6.45) is -0.669. The van der Waals surface area contributed by atoms with Gasteiger partial charge in [0.05, 0.1) is 5.92 Å². The molecule has 2 atom stereocenters. The Balaban J connectivity index is 1.83. The number of pyridine rings is 1. The lowest BCUT2D eigenvalue weighted by Crippen LogP contribution is -2.14. The van der Waals surface area contributed by atoms with Crippen molar-refractivity contribution >= 4 is 48.7 Å². The number of hydrogen-bond acceptors (Lipinski definition) is 4. The Kier molecular flexibility index (Phi) is 2.59. The van der Waals surface area contributed by atoms with Gasteiger partial charge in [0, 0.05) is 0 Å². The highest BCUT2D eigenvalue weighted by atomic mass is 79.9. The number of hydrogen-bond donors (Lipinski definition) is 1. The second-order valence-corrected chi connectivity index (χ2v) is 5.61. The van der Waals surface area contributed by atoms with E-state index < -0.39 is 12.1 Å². The number of thiazole rings is 1. The van der Waals surface area contributed by atoms with Crippen LogP contribution < -0.4 is 5.32 Å². The summed E-state index contributed by atoms with van der Waals surface area (Å²) >= 11 is 4.54. The Bertz CT molecular complexity index is 602. The van der Waals surface area contributed by atoms with Crippen molar-refractivity contribution in [3.05, 3.63) is 16.7 Å². The molecule has 2 heterocycles. The van der Waals surface area contributed by atoms with Crippen molar-refractivity contribution in [3.63, 3.8) is 0 Å². The number of nitrogens with one attached hydrogen (secondary N) is 1. The van der Waals surface area contributed by atoms with Crippen LogP contribution in [0.1, 0.15) is 6.42 Å². The molecule has 1 amide bonds. The highest BCUT2D eigenvalue weighted by molar-refractivity contribution is 9.10. The second-order valence-electron chi connectivity index (χ2n) is 3.82. The van der Waals surface area contributed by atoms with Crippen LogP contribution in [0.15, 0.2) is 16.7 Å². The average Bonchev–Trinajstić information content (AvgIpc) is 2.87. The molecule has 7 heteroatoms. The number of alkyl halides is 1. The minimum atomic E-state index is -0.989. The number of rotatable bonds is 2. The first kappa shape index (κ1) is 11.0. The SMILES string of the molecule is O=C(Nc1nc2ccc(Br)nc2s1)[C@@H]1C[C@@H]1F. The second kappa shape index (κ2) is 3.99. The van der Waals surface area contributed by atoms with E-state index in [0.29, 0.717) is 11.6 Å². The monoisotopic (exact) mass is 315 g/mol. The van der Waals surface area contributed by atoms with E-state index in [4.69, 9.17) is 0 Å². The molecule has 4 nitrogen and oxygen atoms in total. The molecule has 88 valence electrons. The Morgan fingerprint density at radius 3 is 3.00 bits per heavy atom. The zero-order valence-electron chi connectivity index (χ0n) is 8.48. The first-order chi connectivity index (χ1) is 8.13. The van der Waals surface area contributed by atoms with Gasteiger partial charge in [-0.3, -0.25) is 4.79 Å². The van der Waals surface area contributed by atoms with E-state index in [2.05, 4.69) is 31.2 Å². The molecule has 3 rings (SSSR count). The van der Waals surface area contributed by atoms with Gasteiger partial charge in [0.2, 0.25) is 5.91 Å². The van der Waals surface area contributed by atoms with Gasteiger partial charge < -0.3 is 5.32 Å². The predicted molar refractivity (Wildman–Crippen MR) is 66.7 cm³/mol. The summed E-state index contributed by atoms with van der Waals surface area (Å²) in [5.41, 5.74) is 0.723. The van der Waals surface area contributed by atoms with Crippen LogP contribution in [0.3, 0.4) is 0 Å². The molecule has 2 aromatic rings. The lowest BCUT2D eigenvalue weighted by molar-refractivity contribution is -0.117. The van der Waals surface area contributed by atoms with Gasteiger partial charge in [-0.2, -0.15) is 0 Å². The minimum Gasteiger partial charge on any atom is -0.302 e. The zero-order chi connectivity index (χ0) is 12.0. The summed E-state index contributed by atoms with van der Waals surface area (Å²) in [5, 5.41) is 3.08. The van der Waals surface area contributed by atoms with Crippen LogP contribution >= 0.6 is 27.3 Å². The third-order valence-electron chi connectivity index (χ3n) is 2.50. The first-order valence-corrected chi connectivity index (χ1v) is 6.62. The van der Waals surface area contributed by atoms with E-state index >= 15 is 0 Å². The van der Waals surface area contributed by atoms with E-state index in [1.165, 1.54) is 11.3 Å². The maximum Gasteiger partial charge on any atom is 0.232 e. The molecular weight excluding hydrogens is 309 g/mol. The molecule has 1 N–H and O–H groups in total. The summed E-state index contributed by atoms with van der Waals surface area (Å²) in [7, 11) is 0. The number of amides is 1. The summed E-state index contributed by atoms with van der Waals surface area (Å²) in [6.45, 7) is 0. The summed E-state index contributed by atoms with van der Waals surface area (Å²) in [5.74, 6) is -0.794. The molecule has 0 aromatic carbocycles. The van der Waals surface area contributed by atoms with Gasteiger partial charge in [0.1, 0.15) is 21.1 Å². The summed E-state index contributed by atoms with van der Waals surface area (Å²) < 4.78 is 13.4. The van der Waals surface area contributed by atoms with Crippen molar-refractivity contribution in [2.24, 2.45) is 5.92 Å². The lowest BCUT2D eigenvalue weighted by Gasteiger charge is -1.96. The molecule has 1 fully saturated rings. The topological polar surface area (TPSA) is 54.9 Å². The molecule has 1 aliphatic rings. The fourth-order valence-electron chi connectivity index (χ4n) is 1.48. The average molecular weight is 316 g/mol. The highest BCUT2D eigenvalue weighted by Crippen LogP contribution is 2.35. The van der Waals surface area contributed by atoms with Crippen LogP contribution in [0.4, 0.5) is 9.52 Å².